The van der Waals surface area contributed by atoms with Crippen LogP contribution in [0.4, 0.5) is 5.69 Å². The van der Waals surface area contributed by atoms with Gasteiger partial charge < -0.3 is 19.1 Å². The molecule has 2 aromatic rings. The highest BCUT2D eigenvalue weighted by Gasteiger charge is 2.31. The molecule has 0 saturated heterocycles. The van der Waals surface area contributed by atoms with E-state index in [1.807, 2.05) is 12.1 Å². The number of hydrogen-bond donors (Lipinski definition) is 1. The molecule has 1 N–H and O–H groups in total. The van der Waals surface area contributed by atoms with E-state index in [1.165, 1.54) is 5.57 Å². The number of methoxy groups -OCH3 is 2. The van der Waals surface area contributed by atoms with Crippen LogP contribution in [0.3, 0.4) is 0 Å². The number of hydrazone groups is 1. The molecular formula is C26H33N3O4. The van der Waals surface area contributed by atoms with Crippen LogP contribution >= 0.6 is 0 Å². The number of carbonyl (C=O) groups excluding carboxylic acids is 1. The van der Waals surface area contributed by atoms with Crippen molar-refractivity contribution in [1.29, 1.82) is 0 Å². The van der Waals surface area contributed by atoms with Crippen LogP contribution in [0.2, 0.25) is 0 Å². The Hall–Kier alpha value is -3.48. The first kappa shape index (κ1) is 24.2. The molecule has 0 fully saturated rings. The lowest BCUT2D eigenvalue weighted by Crippen LogP contribution is -2.45. The second kappa shape index (κ2) is 10.4. The minimum absolute atomic E-state index is 0.0802. The summed E-state index contributed by atoms with van der Waals surface area (Å²) in [6.07, 6.45) is 4.93. The molecule has 0 spiro atoms. The van der Waals surface area contributed by atoms with Gasteiger partial charge in [0.25, 0.3) is 5.91 Å². The number of rotatable bonds is 9. The lowest BCUT2D eigenvalue weighted by Gasteiger charge is -2.43. The molecule has 7 heteroatoms. The van der Waals surface area contributed by atoms with Crippen molar-refractivity contribution in [2.75, 3.05) is 32.3 Å². The molecule has 1 heterocycles. The Bertz CT molecular complexity index is 1060. The Morgan fingerprint density at radius 2 is 1.82 bits per heavy atom. The minimum atomic E-state index is -0.374. The van der Waals surface area contributed by atoms with Gasteiger partial charge in [0.1, 0.15) is 5.75 Å². The average molecular weight is 452 g/mol. The topological polar surface area (TPSA) is 72.4 Å². The number of anilines is 1. The SMILES string of the molecule is CCCN1c2cc(OC)c(/C=N/NC(=O)COc3ccccc3OC)cc2C(C)=CC1(C)C. The summed E-state index contributed by atoms with van der Waals surface area (Å²) < 4.78 is 16.4. The van der Waals surface area contributed by atoms with Gasteiger partial charge >= 0.3 is 0 Å². The summed E-state index contributed by atoms with van der Waals surface area (Å²) in [4.78, 5) is 14.6. The number of allylic oxidation sites excluding steroid dienone is 1. The molecule has 33 heavy (non-hydrogen) atoms. The summed E-state index contributed by atoms with van der Waals surface area (Å²) in [5.41, 5.74) is 6.69. The Morgan fingerprint density at radius 3 is 2.48 bits per heavy atom. The van der Waals surface area contributed by atoms with Gasteiger partial charge in [-0.3, -0.25) is 4.79 Å². The summed E-state index contributed by atoms with van der Waals surface area (Å²) in [6, 6.07) is 11.3. The Morgan fingerprint density at radius 1 is 1.12 bits per heavy atom. The van der Waals surface area contributed by atoms with Gasteiger partial charge in [-0.1, -0.05) is 25.1 Å². The number of fused-ring (bicyclic) bond motifs is 1. The van der Waals surface area contributed by atoms with E-state index in [0.29, 0.717) is 17.2 Å². The smallest absolute Gasteiger partial charge is 0.277 e. The molecule has 3 rings (SSSR count). The van der Waals surface area contributed by atoms with Crippen LogP contribution in [-0.4, -0.2) is 45.0 Å². The van der Waals surface area contributed by atoms with Gasteiger partial charge in [0, 0.05) is 29.4 Å². The quantitative estimate of drug-likeness (QED) is 0.444. The predicted octanol–water partition coefficient (Wildman–Crippen LogP) is 4.64. The van der Waals surface area contributed by atoms with Crippen LogP contribution in [0.15, 0.2) is 47.6 Å². The van der Waals surface area contributed by atoms with Crippen LogP contribution in [0.5, 0.6) is 17.2 Å². The zero-order valence-electron chi connectivity index (χ0n) is 20.3. The van der Waals surface area contributed by atoms with Crippen molar-refractivity contribution in [1.82, 2.24) is 5.43 Å². The maximum absolute atomic E-state index is 12.2. The third-order valence-electron chi connectivity index (χ3n) is 5.60. The van der Waals surface area contributed by atoms with Crippen LogP contribution in [0, 0.1) is 0 Å². The molecule has 176 valence electrons. The van der Waals surface area contributed by atoms with Gasteiger partial charge in [-0.15, -0.1) is 0 Å². The van der Waals surface area contributed by atoms with E-state index < -0.39 is 0 Å². The first-order chi connectivity index (χ1) is 15.8. The molecule has 7 nitrogen and oxygen atoms in total. The third kappa shape index (κ3) is 5.48. The largest absolute Gasteiger partial charge is 0.496 e. The zero-order chi connectivity index (χ0) is 24.0. The third-order valence-corrected chi connectivity index (χ3v) is 5.60. The number of carbonyl (C=O) groups is 1. The van der Waals surface area contributed by atoms with Crippen LogP contribution in [0.1, 0.15) is 45.2 Å². The summed E-state index contributed by atoms with van der Waals surface area (Å²) in [6.45, 7) is 9.51. The van der Waals surface area contributed by atoms with Crippen molar-refractivity contribution >= 4 is 23.4 Å². The molecule has 1 aliphatic heterocycles. The van der Waals surface area contributed by atoms with E-state index in [1.54, 1.807) is 32.6 Å². The number of hydrogen-bond acceptors (Lipinski definition) is 6. The van der Waals surface area contributed by atoms with Crippen LogP contribution in [0.25, 0.3) is 5.57 Å². The van der Waals surface area contributed by atoms with Crippen molar-refractivity contribution in [3.63, 3.8) is 0 Å². The predicted molar refractivity (Wildman–Crippen MR) is 133 cm³/mol. The Balaban J connectivity index is 1.74. The second-order valence-corrected chi connectivity index (χ2v) is 8.48. The average Bonchev–Trinajstić information content (AvgIpc) is 2.80. The highest BCUT2D eigenvalue weighted by atomic mass is 16.5. The molecule has 2 aromatic carbocycles. The summed E-state index contributed by atoms with van der Waals surface area (Å²) in [5.74, 6) is 1.39. The maximum Gasteiger partial charge on any atom is 0.277 e. The van der Waals surface area contributed by atoms with Crippen LogP contribution < -0.4 is 24.5 Å². The normalized spacial score (nSPS) is 14.5. The second-order valence-electron chi connectivity index (χ2n) is 8.48. The van der Waals surface area contributed by atoms with Crippen LogP contribution in [-0.2, 0) is 4.79 Å². The monoisotopic (exact) mass is 451 g/mol. The first-order valence-electron chi connectivity index (χ1n) is 11.1. The van der Waals surface area contributed by atoms with E-state index in [4.69, 9.17) is 14.2 Å². The first-order valence-corrected chi connectivity index (χ1v) is 11.1. The lowest BCUT2D eigenvalue weighted by atomic mass is 9.87. The molecular weight excluding hydrogens is 418 g/mol. The van der Waals surface area contributed by atoms with Gasteiger partial charge in [-0.25, -0.2) is 5.43 Å². The van der Waals surface area contributed by atoms with E-state index in [9.17, 15) is 4.79 Å². The fourth-order valence-corrected chi connectivity index (χ4v) is 4.12. The molecule has 0 bridgehead atoms. The molecule has 0 radical (unpaired) electrons. The number of nitrogens with zero attached hydrogens (tertiary/aromatic N) is 2. The van der Waals surface area contributed by atoms with E-state index in [2.05, 4.69) is 61.3 Å². The van der Waals surface area contributed by atoms with E-state index in [0.717, 1.165) is 29.8 Å². The Kier molecular flexibility index (Phi) is 7.63. The van der Waals surface area contributed by atoms with Gasteiger partial charge in [0.2, 0.25) is 0 Å². The lowest BCUT2D eigenvalue weighted by molar-refractivity contribution is -0.123. The molecule has 0 unspecified atom stereocenters. The highest BCUT2D eigenvalue weighted by molar-refractivity contribution is 5.91. The molecule has 1 aliphatic rings. The molecule has 0 saturated carbocycles. The van der Waals surface area contributed by atoms with E-state index >= 15 is 0 Å². The van der Waals surface area contributed by atoms with Crippen molar-refractivity contribution in [3.05, 3.63) is 53.6 Å². The number of benzene rings is 2. The fraction of sp³-hybridized carbons (Fsp3) is 0.385. The molecule has 0 atom stereocenters. The molecule has 0 aliphatic carbocycles. The standard InChI is InChI=1S/C26H33N3O4/c1-7-12-29-21-14-24(32-6)19(13-20(21)18(2)15-26(29,3)4)16-27-28-25(30)17-33-23-11-9-8-10-22(23)31-5/h8-11,13-16H,7,12,17H2,1-6H3,(H,28,30)/b27-16+. The minimum Gasteiger partial charge on any atom is -0.496 e. The fourth-order valence-electron chi connectivity index (χ4n) is 4.12. The van der Waals surface area contributed by atoms with E-state index in [-0.39, 0.29) is 18.1 Å². The van der Waals surface area contributed by atoms with Gasteiger partial charge in [0.15, 0.2) is 18.1 Å². The van der Waals surface area contributed by atoms with Crippen molar-refractivity contribution in [2.45, 2.75) is 39.7 Å². The molecule has 0 aromatic heterocycles. The van der Waals surface area contributed by atoms with Crippen molar-refractivity contribution < 1.29 is 19.0 Å². The Labute approximate surface area is 196 Å². The number of amides is 1. The van der Waals surface area contributed by atoms with Gasteiger partial charge in [-0.2, -0.15) is 5.10 Å². The molecule has 1 amide bonds. The summed E-state index contributed by atoms with van der Waals surface area (Å²) >= 11 is 0. The maximum atomic E-state index is 12.2. The summed E-state index contributed by atoms with van der Waals surface area (Å²) in [5, 5.41) is 4.11. The number of para-hydroxylation sites is 2. The van der Waals surface area contributed by atoms with Crippen molar-refractivity contribution in [3.8, 4) is 17.2 Å². The summed E-state index contributed by atoms with van der Waals surface area (Å²) in [7, 11) is 3.19. The number of ether oxygens (including phenoxy) is 3. The van der Waals surface area contributed by atoms with Gasteiger partial charge in [-0.05, 0) is 51.0 Å². The van der Waals surface area contributed by atoms with Crippen molar-refractivity contribution in [2.24, 2.45) is 5.10 Å². The van der Waals surface area contributed by atoms with Gasteiger partial charge in [0.05, 0.1) is 26.0 Å². The highest BCUT2D eigenvalue weighted by Crippen LogP contribution is 2.41. The number of nitrogens with one attached hydrogen (secondary N) is 1. The zero-order valence-corrected chi connectivity index (χ0v) is 20.3.